The molecule has 7 nitrogen and oxygen atoms in total. The Kier molecular flexibility index (Phi) is 6.16. The first kappa shape index (κ1) is 25.8. The van der Waals surface area contributed by atoms with Gasteiger partial charge in [0.05, 0.1) is 11.4 Å². The van der Waals surface area contributed by atoms with Crippen LogP contribution in [0.4, 0.5) is 17.3 Å². The van der Waals surface area contributed by atoms with Gasteiger partial charge in [-0.15, -0.1) is 0 Å². The van der Waals surface area contributed by atoms with Gasteiger partial charge in [0.15, 0.2) is 23.1 Å². The van der Waals surface area contributed by atoms with Gasteiger partial charge in [0.2, 0.25) is 5.95 Å². The van der Waals surface area contributed by atoms with E-state index in [4.69, 9.17) is 19.7 Å². The monoisotopic (exact) mass is 550 g/mol. The van der Waals surface area contributed by atoms with Crippen molar-refractivity contribution in [2.75, 3.05) is 11.4 Å². The molecule has 0 fully saturated rings. The van der Waals surface area contributed by atoms with Crippen molar-refractivity contribution in [2.45, 2.75) is 32.6 Å². The summed E-state index contributed by atoms with van der Waals surface area (Å²) in [5.74, 6) is 3.16. The molecule has 0 unspecified atom stereocenters. The minimum atomic E-state index is -0.173. The van der Waals surface area contributed by atoms with Crippen LogP contribution < -0.4 is 9.64 Å². The largest absolute Gasteiger partial charge is 0.453 e. The van der Waals surface area contributed by atoms with Crippen LogP contribution in [0.25, 0.3) is 22.3 Å². The SMILES string of the molecule is C=N/C=C\C=C(/C)c1nc(C2=CCCN=C2)nc(N2c3ccccc3Oc3cc4c(cc32)C(C)(C)c2ccccc2-4)n1. The molecule has 0 amide bonds. The van der Waals surface area contributed by atoms with E-state index < -0.39 is 0 Å². The zero-order chi connectivity index (χ0) is 28.8. The highest BCUT2D eigenvalue weighted by Crippen LogP contribution is 2.56. The molecular weight excluding hydrogens is 520 g/mol. The number of fused-ring (bicyclic) bond motifs is 5. The van der Waals surface area contributed by atoms with Gasteiger partial charge in [0, 0.05) is 29.9 Å². The highest BCUT2D eigenvalue weighted by atomic mass is 16.5. The van der Waals surface area contributed by atoms with Crippen LogP contribution in [-0.4, -0.2) is 34.4 Å². The normalized spacial score (nSPS) is 16.3. The Morgan fingerprint density at radius 2 is 1.79 bits per heavy atom. The van der Waals surface area contributed by atoms with E-state index in [1.807, 2.05) is 49.6 Å². The average Bonchev–Trinajstić information content (AvgIpc) is 3.24. The first-order chi connectivity index (χ1) is 20.5. The van der Waals surface area contributed by atoms with E-state index in [1.165, 1.54) is 22.3 Å². The van der Waals surface area contributed by atoms with Gasteiger partial charge in [-0.3, -0.25) is 14.9 Å². The Morgan fingerprint density at radius 1 is 0.952 bits per heavy atom. The molecule has 3 aromatic carbocycles. The lowest BCUT2D eigenvalue weighted by Crippen LogP contribution is -2.22. The summed E-state index contributed by atoms with van der Waals surface area (Å²) < 4.78 is 6.55. The van der Waals surface area contributed by atoms with E-state index in [-0.39, 0.29) is 5.41 Å². The van der Waals surface area contributed by atoms with Crippen LogP contribution in [0.2, 0.25) is 0 Å². The lowest BCUT2D eigenvalue weighted by molar-refractivity contribution is 0.476. The topological polar surface area (TPSA) is 75.9 Å². The van der Waals surface area contributed by atoms with Crippen molar-refractivity contribution in [2.24, 2.45) is 9.98 Å². The molecule has 206 valence electrons. The molecule has 0 bridgehead atoms. The Hall–Kier alpha value is -5.17. The number of ether oxygens (including phenoxy) is 1. The zero-order valence-electron chi connectivity index (χ0n) is 23.9. The summed E-state index contributed by atoms with van der Waals surface area (Å²) in [5, 5.41) is 0. The molecule has 0 atom stereocenters. The van der Waals surface area contributed by atoms with E-state index in [1.54, 1.807) is 6.20 Å². The number of nitrogens with zero attached hydrogens (tertiary/aromatic N) is 6. The predicted octanol–water partition coefficient (Wildman–Crippen LogP) is 8.23. The molecule has 0 N–H and O–H groups in total. The number of para-hydroxylation sites is 2. The number of hydrogen-bond acceptors (Lipinski definition) is 7. The lowest BCUT2D eigenvalue weighted by Gasteiger charge is -2.33. The van der Waals surface area contributed by atoms with Gasteiger partial charge in [0.1, 0.15) is 0 Å². The molecule has 3 aliphatic rings. The van der Waals surface area contributed by atoms with Crippen LogP contribution in [-0.2, 0) is 5.41 Å². The van der Waals surface area contributed by atoms with E-state index in [0.29, 0.717) is 17.6 Å². The predicted molar refractivity (Wildman–Crippen MR) is 170 cm³/mol. The number of dihydropyridines is 1. The maximum Gasteiger partial charge on any atom is 0.239 e. The third kappa shape index (κ3) is 4.16. The molecular formula is C35H30N6O. The molecule has 1 aliphatic carbocycles. The minimum Gasteiger partial charge on any atom is -0.453 e. The Morgan fingerprint density at radius 3 is 2.62 bits per heavy atom. The van der Waals surface area contributed by atoms with Gasteiger partial charge in [-0.25, -0.2) is 4.98 Å². The third-order valence-corrected chi connectivity index (χ3v) is 8.06. The van der Waals surface area contributed by atoms with Gasteiger partial charge < -0.3 is 4.74 Å². The number of benzene rings is 3. The quantitative estimate of drug-likeness (QED) is 0.163. The van der Waals surface area contributed by atoms with Crippen molar-refractivity contribution < 1.29 is 4.74 Å². The fourth-order valence-corrected chi connectivity index (χ4v) is 5.92. The summed E-state index contributed by atoms with van der Waals surface area (Å²) in [7, 11) is 0. The number of aliphatic imine (C=N–C) groups is 2. The number of anilines is 3. The van der Waals surface area contributed by atoms with Crippen LogP contribution in [0.3, 0.4) is 0 Å². The average molecular weight is 551 g/mol. The zero-order valence-corrected chi connectivity index (χ0v) is 23.9. The van der Waals surface area contributed by atoms with Crippen LogP contribution in [0.15, 0.2) is 95.1 Å². The summed E-state index contributed by atoms with van der Waals surface area (Å²) in [4.78, 5) is 25.3. The summed E-state index contributed by atoms with van der Waals surface area (Å²) in [6, 6.07) is 21.0. The first-order valence-corrected chi connectivity index (χ1v) is 14.1. The summed E-state index contributed by atoms with van der Waals surface area (Å²) in [6.45, 7) is 10.8. The Balaban J connectivity index is 1.46. The van der Waals surface area contributed by atoms with Gasteiger partial charge >= 0.3 is 0 Å². The van der Waals surface area contributed by atoms with Crippen LogP contribution in [0, 0.1) is 0 Å². The number of rotatable bonds is 5. The second-order valence-electron chi connectivity index (χ2n) is 11.1. The second kappa shape index (κ2) is 10.0. The summed E-state index contributed by atoms with van der Waals surface area (Å²) in [5.41, 5.74) is 8.32. The molecule has 7 rings (SSSR count). The Labute approximate surface area is 245 Å². The number of allylic oxidation sites excluding steroid dienone is 4. The fourth-order valence-electron chi connectivity index (χ4n) is 5.92. The molecule has 2 aliphatic heterocycles. The van der Waals surface area contributed by atoms with Crippen LogP contribution in [0.5, 0.6) is 11.5 Å². The molecule has 3 heterocycles. The highest BCUT2D eigenvalue weighted by molar-refractivity contribution is 6.09. The van der Waals surface area contributed by atoms with Gasteiger partial charge in [-0.1, -0.05) is 62.4 Å². The Bertz CT molecular complexity index is 1880. The van der Waals surface area contributed by atoms with Crippen molar-refractivity contribution in [3.8, 4) is 22.6 Å². The molecule has 1 aromatic heterocycles. The smallest absolute Gasteiger partial charge is 0.239 e. The van der Waals surface area contributed by atoms with E-state index in [2.05, 4.69) is 77.9 Å². The first-order valence-electron chi connectivity index (χ1n) is 14.1. The van der Waals surface area contributed by atoms with Crippen molar-refractivity contribution in [3.63, 3.8) is 0 Å². The van der Waals surface area contributed by atoms with Crippen LogP contribution in [0.1, 0.15) is 50.0 Å². The molecule has 0 saturated heterocycles. The maximum atomic E-state index is 6.55. The van der Waals surface area contributed by atoms with Gasteiger partial charge in [-0.2, -0.15) is 9.97 Å². The minimum absolute atomic E-state index is 0.173. The van der Waals surface area contributed by atoms with Crippen molar-refractivity contribution in [1.82, 2.24) is 15.0 Å². The van der Waals surface area contributed by atoms with Crippen molar-refractivity contribution >= 4 is 41.4 Å². The van der Waals surface area contributed by atoms with E-state index >= 15 is 0 Å². The number of aromatic nitrogens is 3. The van der Waals surface area contributed by atoms with Crippen molar-refractivity contribution in [3.05, 3.63) is 108 Å². The van der Waals surface area contributed by atoms with Gasteiger partial charge in [0.25, 0.3) is 0 Å². The lowest BCUT2D eigenvalue weighted by atomic mass is 9.82. The summed E-state index contributed by atoms with van der Waals surface area (Å²) >= 11 is 0. The van der Waals surface area contributed by atoms with Crippen LogP contribution >= 0.6 is 0 Å². The van der Waals surface area contributed by atoms with Crippen molar-refractivity contribution in [1.29, 1.82) is 0 Å². The third-order valence-electron chi connectivity index (χ3n) is 8.06. The summed E-state index contributed by atoms with van der Waals surface area (Å²) in [6.07, 6.45) is 10.2. The van der Waals surface area contributed by atoms with E-state index in [9.17, 15) is 0 Å². The molecule has 7 heteroatoms. The highest BCUT2D eigenvalue weighted by Gasteiger charge is 2.39. The van der Waals surface area contributed by atoms with E-state index in [0.717, 1.165) is 47.0 Å². The molecule has 0 saturated carbocycles. The fraction of sp³-hybridized carbons (Fsp3) is 0.171. The number of hydrogen-bond donors (Lipinski definition) is 0. The molecule has 0 spiro atoms. The molecule has 0 radical (unpaired) electrons. The standard InChI is InChI=1S/C35H30N6O/c1-22(11-9-17-36-4)32-38-33(23-12-10-18-37-21-23)40-34(39-32)41-28-15-7-8-16-30(28)42-31-19-25-24-13-5-6-14-26(24)35(2,3)27(25)20-29(31)41/h5-9,11-17,19-21H,4,10,18H2,1-3H3/b17-9-,22-11+. The molecule has 42 heavy (non-hydrogen) atoms. The second-order valence-corrected chi connectivity index (χ2v) is 11.1. The molecule has 4 aromatic rings. The maximum absolute atomic E-state index is 6.55. The van der Waals surface area contributed by atoms with Gasteiger partial charge in [-0.05, 0) is 78.2 Å².